The van der Waals surface area contributed by atoms with Crippen LogP contribution in [0.15, 0.2) is 9.98 Å². The summed E-state index contributed by atoms with van der Waals surface area (Å²) in [5.74, 6) is 0.0458. The highest BCUT2D eigenvalue weighted by Gasteiger charge is 2.15. The number of esters is 1. The normalized spacial score (nSPS) is 12.4. The lowest BCUT2D eigenvalue weighted by molar-refractivity contribution is -0.150. The summed E-state index contributed by atoms with van der Waals surface area (Å²) >= 11 is 0. The molecule has 1 unspecified atom stereocenters. The molecule has 11 nitrogen and oxygen atoms in total. The predicted molar refractivity (Wildman–Crippen MR) is 270 cm³/mol. The van der Waals surface area contributed by atoms with Crippen molar-refractivity contribution in [2.45, 2.75) is 265 Å². The van der Waals surface area contributed by atoms with Crippen LogP contribution < -0.4 is 11.2 Å². The number of hydrogen-bond donors (Lipinski definition) is 4. The number of nitrogens with zero attached hydrogens (tertiary/aromatic N) is 3. The molecule has 0 fully saturated rings. The summed E-state index contributed by atoms with van der Waals surface area (Å²) in [5.41, 5.74) is 7.55. The van der Waals surface area contributed by atoms with Crippen LogP contribution in [0.1, 0.15) is 252 Å². The van der Waals surface area contributed by atoms with Gasteiger partial charge in [0.2, 0.25) is 0 Å². The number of unbranched alkanes of at least 4 members (excludes halogenated alkanes) is 24. The highest BCUT2D eigenvalue weighted by atomic mass is 16.5. The van der Waals surface area contributed by atoms with Gasteiger partial charge in [-0.1, -0.05) is 169 Å². The molecule has 0 spiro atoms. The average Bonchev–Trinajstić information content (AvgIpc) is 3.29. The van der Waals surface area contributed by atoms with Gasteiger partial charge >= 0.3 is 5.97 Å². The monoisotopic (exact) mass is 893 g/mol. The number of aldehydes is 1. The Kier molecular flexibility index (Phi) is 50.4. The zero-order valence-corrected chi connectivity index (χ0v) is 42.3. The van der Waals surface area contributed by atoms with Gasteiger partial charge in [-0.3, -0.25) is 30.9 Å². The molecule has 11 heteroatoms. The van der Waals surface area contributed by atoms with Gasteiger partial charge in [0, 0.05) is 33.5 Å². The molecule has 0 aromatic carbocycles. The zero-order valence-electron chi connectivity index (χ0n) is 42.3. The minimum atomic E-state index is -0.115. The lowest BCUT2D eigenvalue weighted by Crippen LogP contribution is -2.38. The maximum atomic E-state index is 12.8. The smallest absolute Gasteiger partial charge is 0.306 e. The molecule has 1 atom stereocenters. The van der Waals surface area contributed by atoms with E-state index in [9.17, 15) is 14.8 Å². The number of carbonyl (C=O) groups excluding carboxylic acids is 2. The fraction of sp³-hybridized carbons (Fsp3) is 0.904. The second kappa shape index (κ2) is 50.6. The Balaban J connectivity index is 0. The van der Waals surface area contributed by atoms with Crippen molar-refractivity contribution in [1.82, 2.24) is 10.4 Å². The molecule has 0 amide bonds. The Morgan fingerprint density at radius 2 is 1.08 bits per heavy atom. The molecule has 372 valence electrons. The Labute approximate surface area is 389 Å². The van der Waals surface area contributed by atoms with Crippen LogP contribution in [0.3, 0.4) is 0 Å². The van der Waals surface area contributed by atoms with E-state index in [2.05, 4.69) is 42.6 Å². The first kappa shape index (κ1) is 62.7. The van der Waals surface area contributed by atoms with E-state index >= 15 is 0 Å². The second-order valence-electron chi connectivity index (χ2n) is 17.8. The summed E-state index contributed by atoms with van der Waals surface area (Å²) in [5, 5.41) is 17.4. The number of nitrogens with two attached hydrogens (primary N) is 1. The Morgan fingerprint density at radius 3 is 1.52 bits per heavy atom. The Bertz CT molecular complexity index is 1050. The topological polar surface area (TPSA) is 163 Å². The van der Waals surface area contributed by atoms with E-state index in [-0.39, 0.29) is 29.5 Å². The number of aliphatic imine (C=N–C) groups is 2. The molecule has 0 aromatic rings. The molecular weight excluding hydrogens is 789 g/mol. The molecule has 0 aromatic heterocycles. The third-order valence-corrected chi connectivity index (χ3v) is 12.1. The molecule has 0 saturated heterocycles. The summed E-state index contributed by atoms with van der Waals surface area (Å²) in [4.78, 5) is 33.9. The molecule has 63 heavy (non-hydrogen) atoms. The SMILES string of the molecule is CCCCCCCCC(CC)OC.CCCCCCCCC(CCCCCCCC)OC(=O)CCCCCCCN(CCCCCCCC=O)CCCN=C(NO)C(=N)C(N)=NC. The molecule has 0 aliphatic carbocycles. The van der Waals surface area contributed by atoms with Gasteiger partial charge in [0.05, 0.1) is 6.10 Å². The summed E-state index contributed by atoms with van der Waals surface area (Å²) in [6.07, 6.45) is 42.4. The Morgan fingerprint density at radius 1 is 0.651 bits per heavy atom. The van der Waals surface area contributed by atoms with Crippen molar-refractivity contribution in [3.05, 3.63) is 0 Å². The molecular formula is C52H104N6O5. The second-order valence-corrected chi connectivity index (χ2v) is 17.8. The van der Waals surface area contributed by atoms with Crippen molar-refractivity contribution >= 4 is 29.6 Å². The number of amidine groups is 2. The lowest BCUT2D eigenvalue weighted by atomic mass is 10.0. The van der Waals surface area contributed by atoms with Gasteiger partial charge in [0.15, 0.2) is 5.84 Å². The number of hydroxylamine groups is 1. The molecule has 0 aliphatic rings. The van der Waals surface area contributed by atoms with Gasteiger partial charge in [-0.15, -0.1) is 0 Å². The standard InChI is InChI=1S/C40H78N6O4.C12H26O/c1-4-6-8-10-15-21-28-36(29-22-16-11-9-7-5-2)50-37(48)30-23-17-14-19-25-33-46(32-24-18-12-13-20-26-35-47)34-27-31-44-40(45-49)38(41)39(42)43-3;1-4-6-7-8-9-10-11-12(5-2)13-3/h35-36,41,49H,4-34H2,1-3H3,(H2,42,43)(H,44,45);12H,4-11H2,1-3H3. The summed E-state index contributed by atoms with van der Waals surface area (Å²) in [7, 11) is 3.32. The van der Waals surface area contributed by atoms with Gasteiger partial charge < -0.3 is 24.9 Å². The van der Waals surface area contributed by atoms with Crippen LogP contribution in [-0.4, -0.2) is 92.3 Å². The number of hydrogen-bond acceptors (Lipinski definition) is 9. The van der Waals surface area contributed by atoms with Crippen molar-refractivity contribution in [3.63, 3.8) is 0 Å². The van der Waals surface area contributed by atoms with Gasteiger partial charge in [-0.2, -0.15) is 0 Å². The first-order valence-corrected chi connectivity index (χ1v) is 26.4. The fourth-order valence-electron chi connectivity index (χ4n) is 7.91. The molecule has 0 saturated carbocycles. The summed E-state index contributed by atoms with van der Waals surface area (Å²) in [6, 6.07) is 0. The number of nitrogens with one attached hydrogen (secondary N) is 2. The summed E-state index contributed by atoms with van der Waals surface area (Å²) in [6.45, 7) is 12.4. The minimum Gasteiger partial charge on any atom is -0.462 e. The molecule has 0 aliphatic heterocycles. The van der Waals surface area contributed by atoms with E-state index in [1.165, 1.54) is 116 Å². The minimum absolute atomic E-state index is 0.00804. The van der Waals surface area contributed by atoms with Crippen LogP contribution in [0.5, 0.6) is 0 Å². The molecule has 0 rings (SSSR count). The predicted octanol–water partition coefficient (Wildman–Crippen LogP) is 13.5. The fourth-order valence-corrected chi connectivity index (χ4v) is 7.91. The van der Waals surface area contributed by atoms with Crippen LogP contribution in [-0.2, 0) is 19.1 Å². The van der Waals surface area contributed by atoms with E-state index in [1.54, 1.807) is 0 Å². The largest absolute Gasteiger partial charge is 0.462 e. The first-order valence-electron chi connectivity index (χ1n) is 26.4. The van der Waals surface area contributed by atoms with Gasteiger partial charge in [0.25, 0.3) is 0 Å². The quantitative estimate of drug-likeness (QED) is 0.0117. The van der Waals surface area contributed by atoms with E-state index in [1.807, 2.05) is 12.6 Å². The van der Waals surface area contributed by atoms with Crippen LogP contribution >= 0.6 is 0 Å². The molecule has 5 N–H and O–H groups in total. The summed E-state index contributed by atoms with van der Waals surface area (Å²) < 4.78 is 11.4. The third kappa shape index (κ3) is 43.3. The van der Waals surface area contributed by atoms with E-state index in [4.69, 9.17) is 20.6 Å². The lowest BCUT2D eigenvalue weighted by Gasteiger charge is -2.22. The van der Waals surface area contributed by atoms with Gasteiger partial charge in [-0.05, 0) is 90.3 Å². The third-order valence-electron chi connectivity index (χ3n) is 12.1. The van der Waals surface area contributed by atoms with E-state index < -0.39 is 0 Å². The van der Waals surface area contributed by atoms with E-state index in [0.29, 0.717) is 25.5 Å². The van der Waals surface area contributed by atoms with Crippen LogP contribution in [0, 0.1) is 5.41 Å². The van der Waals surface area contributed by atoms with Crippen molar-refractivity contribution in [2.24, 2.45) is 15.7 Å². The zero-order chi connectivity index (χ0) is 46.9. The van der Waals surface area contributed by atoms with Gasteiger partial charge in [-0.25, -0.2) is 0 Å². The first-order chi connectivity index (χ1) is 30.8. The molecule has 0 radical (unpaired) electrons. The van der Waals surface area contributed by atoms with Crippen LogP contribution in [0.4, 0.5) is 0 Å². The Hall–Kier alpha value is -2.37. The number of rotatable bonds is 46. The number of carbonyl (C=O) groups is 2. The van der Waals surface area contributed by atoms with Crippen LogP contribution in [0.2, 0.25) is 0 Å². The van der Waals surface area contributed by atoms with Crippen molar-refractivity contribution in [2.75, 3.05) is 40.3 Å². The van der Waals surface area contributed by atoms with Gasteiger partial charge in [0.1, 0.15) is 23.9 Å². The number of methoxy groups -OCH3 is 1. The number of ether oxygens (including phenoxy) is 2. The maximum Gasteiger partial charge on any atom is 0.306 e. The van der Waals surface area contributed by atoms with Crippen molar-refractivity contribution < 1.29 is 24.3 Å². The highest BCUT2D eigenvalue weighted by Crippen LogP contribution is 2.19. The van der Waals surface area contributed by atoms with Crippen molar-refractivity contribution in [1.29, 1.82) is 5.41 Å². The van der Waals surface area contributed by atoms with Crippen molar-refractivity contribution in [3.8, 4) is 0 Å². The molecule has 0 heterocycles. The average molecular weight is 893 g/mol. The highest BCUT2D eigenvalue weighted by molar-refractivity contribution is 6.66. The molecule has 0 bridgehead atoms. The maximum absolute atomic E-state index is 12.8. The van der Waals surface area contributed by atoms with Crippen LogP contribution in [0.25, 0.3) is 0 Å². The van der Waals surface area contributed by atoms with E-state index in [0.717, 1.165) is 129 Å².